The molecule has 0 spiro atoms. The van der Waals surface area contributed by atoms with Gasteiger partial charge in [0.25, 0.3) is 5.91 Å². The number of benzene rings is 2. The zero-order valence-electron chi connectivity index (χ0n) is 11.9. The van der Waals surface area contributed by atoms with Gasteiger partial charge >= 0.3 is 0 Å². The second-order valence-corrected chi connectivity index (χ2v) is 5.49. The van der Waals surface area contributed by atoms with Crippen molar-refractivity contribution in [1.29, 1.82) is 5.26 Å². The Balaban J connectivity index is 2.15. The highest BCUT2D eigenvalue weighted by Crippen LogP contribution is 2.33. The van der Waals surface area contributed by atoms with Crippen LogP contribution in [0.3, 0.4) is 0 Å². The van der Waals surface area contributed by atoms with Gasteiger partial charge in [-0.1, -0.05) is 53.5 Å². The Morgan fingerprint density at radius 1 is 1.22 bits per heavy atom. The SMILES string of the molecule is N#C/C(=C\c1cc(Cl)c(O)c(Cl)c1)C(=O)NCc1ccccc1. The van der Waals surface area contributed by atoms with Crippen molar-refractivity contribution < 1.29 is 9.90 Å². The van der Waals surface area contributed by atoms with E-state index < -0.39 is 5.91 Å². The third-order valence-electron chi connectivity index (χ3n) is 3.01. The number of nitrogens with zero attached hydrogens (tertiary/aromatic N) is 1. The first-order valence-corrected chi connectivity index (χ1v) is 7.39. The van der Waals surface area contributed by atoms with E-state index in [1.54, 1.807) is 0 Å². The maximum Gasteiger partial charge on any atom is 0.262 e. The van der Waals surface area contributed by atoms with Crippen LogP contribution in [0, 0.1) is 11.3 Å². The van der Waals surface area contributed by atoms with Crippen LogP contribution in [-0.2, 0) is 11.3 Å². The molecule has 1 amide bonds. The summed E-state index contributed by atoms with van der Waals surface area (Å²) in [5, 5.41) is 21.4. The van der Waals surface area contributed by atoms with Crippen LogP contribution in [0.5, 0.6) is 5.75 Å². The fraction of sp³-hybridized carbons (Fsp3) is 0.0588. The topological polar surface area (TPSA) is 73.1 Å². The molecule has 2 rings (SSSR count). The van der Waals surface area contributed by atoms with Gasteiger partial charge in [-0.25, -0.2) is 0 Å². The largest absolute Gasteiger partial charge is 0.505 e. The van der Waals surface area contributed by atoms with Crippen molar-refractivity contribution in [2.24, 2.45) is 0 Å². The zero-order valence-corrected chi connectivity index (χ0v) is 13.4. The standard InChI is InChI=1S/C17H12Cl2N2O2/c18-14-7-12(8-15(19)16(14)22)6-13(9-20)17(23)21-10-11-4-2-1-3-5-11/h1-8,22H,10H2,(H,21,23)/b13-6+. The molecule has 2 aromatic carbocycles. The molecule has 2 N–H and O–H groups in total. The van der Waals surface area contributed by atoms with Gasteiger partial charge in [0.15, 0.2) is 5.75 Å². The highest BCUT2D eigenvalue weighted by atomic mass is 35.5. The fourth-order valence-electron chi connectivity index (χ4n) is 1.86. The number of amides is 1. The Kier molecular flexibility index (Phi) is 5.64. The lowest BCUT2D eigenvalue weighted by molar-refractivity contribution is -0.117. The van der Waals surface area contributed by atoms with Crippen LogP contribution in [-0.4, -0.2) is 11.0 Å². The van der Waals surface area contributed by atoms with Gasteiger partial charge < -0.3 is 10.4 Å². The molecule has 116 valence electrons. The minimum absolute atomic E-state index is 0.0470. The normalized spacial score (nSPS) is 10.9. The van der Waals surface area contributed by atoms with Gasteiger partial charge in [0.05, 0.1) is 10.0 Å². The minimum Gasteiger partial charge on any atom is -0.505 e. The molecule has 4 nitrogen and oxygen atoms in total. The van der Waals surface area contributed by atoms with Gasteiger partial charge in [0.2, 0.25) is 0 Å². The average Bonchev–Trinajstić information content (AvgIpc) is 2.56. The lowest BCUT2D eigenvalue weighted by Crippen LogP contribution is -2.23. The maximum absolute atomic E-state index is 12.1. The smallest absolute Gasteiger partial charge is 0.262 e. The van der Waals surface area contributed by atoms with Crippen molar-refractivity contribution in [3.8, 4) is 11.8 Å². The number of rotatable bonds is 4. The summed E-state index contributed by atoms with van der Waals surface area (Å²) in [6.45, 7) is 0.315. The number of carbonyl (C=O) groups excluding carboxylic acids is 1. The Hall–Kier alpha value is -2.48. The summed E-state index contributed by atoms with van der Waals surface area (Å²) in [6, 6.07) is 14.0. The van der Waals surface area contributed by atoms with Crippen molar-refractivity contribution in [3.05, 3.63) is 69.2 Å². The first-order chi connectivity index (χ1) is 11.0. The van der Waals surface area contributed by atoms with E-state index in [9.17, 15) is 9.90 Å². The molecule has 0 radical (unpaired) electrons. The van der Waals surface area contributed by atoms with Crippen molar-refractivity contribution in [1.82, 2.24) is 5.32 Å². The molecule has 0 aliphatic heterocycles. The van der Waals surface area contributed by atoms with E-state index in [4.69, 9.17) is 28.5 Å². The second kappa shape index (κ2) is 7.68. The Bertz CT molecular complexity index is 773. The lowest BCUT2D eigenvalue weighted by atomic mass is 10.1. The van der Waals surface area contributed by atoms with Crippen LogP contribution >= 0.6 is 23.2 Å². The van der Waals surface area contributed by atoms with E-state index in [2.05, 4.69) is 5.32 Å². The van der Waals surface area contributed by atoms with Gasteiger partial charge in [0, 0.05) is 6.54 Å². The number of carbonyl (C=O) groups is 1. The van der Waals surface area contributed by atoms with Gasteiger partial charge in [-0.15, -0.1) is 0 Å². The summed E-state index contributed by atoms with van der Waals surface area (Å²) in [4.78, 5) is 12.1. The summed E-state index contributed by atoms with van der Waals surface area (Å²) >= 11 is 11.6. The number of hydrogen-bond acceptors (Lipinski definition) is 3. The molecular weight excluding hydrogens is 335 g/mol. The maximum atomic E-state index is 12.1. The first kappa shape index (κ1) is 16.9. The molecule has 0 unspecified atom stereocenters. The van der Waals surface area contributed by atoms with Crippen molar-refractivity contribution in [2.75, 3.05) is 0 Å². The van der Waals surface area contributed by atoms with E-state index in [0.29, 0.717) is 12.1 Å². The molecule has 0 atom stereocenters. The fourth-order valence-corrected chi connectivity index (χ4v) is 2.36. The monoisotopic (exact) mass is 346 g/mol. The third-order valence-corrected chi connectivity index (χ3v) is 3.59. The Morgan fingerprint density at radius 3 is 2.39 bits per heavy atom. The van der Waals surface area contributed by atoms with Crippen LogP contribution in [0.15, 0.2) is 48.0 Å². The molecule has 23 heavy (non-hydrogen) atoms. The number of nitrogens with one attached hydrogen (secondary N) is 1. The molecule has 0 saturated carbocycles. The number of phenols is 1. The first-order valence-electron chi connectivity index (χ1n) is 6.63. The van der Waals surface area contributed by atoms with Gasteiger partial charge in [-0.05, 0) is 29.3 Å². The predicted octanol–water partition coefficient (Wildman–Crippen LogP) is 3.92. The van der Waals surface area contributed by atoms with Crippen LogP contribution in [0.1, 0.15) is 11.1 Å². The van der Waals surface area contributed by atoms with Crippen molar-refractivity contribution in [2.45, 2.75) is 6.54 Å². The minimum atomic E-state index is -0.503. The van der Waals surface area contributed by atoms with E-state index in [-0.39, 0.29) is 21.4 Å². The number of hydrogen-bond donors (Lipinski definition) is 2. The quantitative estimate of drug-likeness (QED) is 0.650. The molecule has 0 heterocycles. The number of halogens is 2. The Morgan fingerprint density at radius 2 is 1.83 bits per heavy atom. The Labute approximate surface area is 143 Å². The average molecular weight is 347 g/mol. The summed E-state index contributed by atoms with van der Waals surface area (Å²) in [5.74, 6) is -0.741. The summed E-state index contributed by atoms with van der Waals surface area (Å²) in [6.07, 6.45) is 1.36. The molecule has 0 bridgehead atoms. The van der Waals surface area contributed by atoms with E-state index in [1.165, 1.54) is 18.2 Å². The summed E-state index contributed by atoms with van der Waals surface area (Å²) in [7, 11) is 0. The van der Waals surface area contributed by atoms with Gasteiger partial charge in [-0.2, -0.15) is 5.26 Å². The van der Waals surface area contributed by atoms with E-state index in [0.717, 1.165) is 5.56 Å². The van der Waals surface area contributed by atoms with E-state index in [1.807, 2.05) is 36.4 Å². The van der Waals surface area contributed by atoms with Crippen molar-refractivity contribution >= 4 is 35.2 Å². The molecule has 2 aromatic rings. The molecular formula is C17H12Cl2N2O2. The molecule has 6 heteroatoms. The number of phenolic OH excluding ortho intramolecular Hbond substituents is 1. The van der Waals surface area contributed by atoms with Crippen LogP contribution in [0.25, 0.3) is 6.08 Å². The van der Waals surface area contributed by atoms with E-state index >= 15 is 0 Å². The third kappa shape index (κ3) is 4.49. The molecule has 0 aromatic heterocycles. The van der Waals surface area contributed by atoms with Crippen LogP contribution in [0.4, 0.5) is 0 Å². The second-order valence-electron chi connectivity index (χ2n) is 4.67. The van der Waals surface area contributed by atoms with Crippen LogP contribution in [0.2, 0.25) is 10.0 Å². The highest BCUT2D eigenvalue weighted by molar-refractivity contribution is 6.37. The number of aromatic hydroxyl groups is 1. The summed E-state index contributed by atoms with van der Waals surface area (Å²) < 4.78 is 0. The molecule has 0 aliphatic rings. The predicted molar refractivity (Wildman–Crippen MR) is 90.0 cm³/mol. The highest BCUT2D eigenvalue weighted by Gasteiger charge is 2.11. The zero-order chi connectivity index (χ0) is 16.8. The van der Waals surface area contributed by atoms with Crippen LogP contribution < -0.4 is 5.32 Å². The summed E-state index contributed by atoms with van der Waals surface area (Å²) in [5.41, 5.74) is 1.29. The number of nitriles is 1. The molecule has 0 aliphatic carbocycles. The lowest BCUT2D eigenvalue weighted by Gasteiger charge is -2.05. The van der Waals surface area contributed by atoms with Gasteiger partial charge in [-0.3, -0.25) is 4.79 Å². The van der Waals surface area contributed by atoms with Crippen molar-refractivity contribution in [3.63, 3.8) is 0 Å². The van der Waals surface area contributed by atoms with Gasteiger partial charge in [0.1, 0.15) is 11.6 Å². The molecule has 0 fully saturated rings. The molecule has 0 saturated heterocycles.